The Labute approximate surface area is 103 Å². The van der Waals surface area contributed by atoms with Crippen molar-refractivity contribution in [2.75, 3.05) is 0 Å². The fourth-order valence-corrected chi connectivity index (χ4v) is 1.26. The molecule has 0 bridgehead atoms. The zero-order valence-corrected chi connectivity index (χ0v) is 9.17. The smallest absolute Gasteiger partial charge is 0.387 e. The third-order valence-corrected chi connectivity index (χ3v) is 2.00. The fourth-order valence-electron chi connectivity index (χ4n) is 1.26. The molecule has 1 heterocycles. The van der Waals surface area contributed by atoms with Crippen molar-refractivity contribution >= 4 is 5.91 Å². The van der Waals surface area contributed by atoms with Gasteiger partial charge in [0.15, 0.2) is 0 Å². The molecule has 1 aromatic heterocycles. The maximum Gasteiger partial charge on any atom is 0.574 e. The molecule has 4 N–H and O–H groups in total. The summed E-state index contributed by atoms with van der Waals surface area (Å²) < 4.78 is 64.7. The van der Waals surface area contributed by atoms with Crippen molar-refractivity contribution in [1.82, 2.24) is 4.98 Å². The van der Waals surface area contributed by atoms with E-state index >= 15 is 0 Å². The number of aromatic nitrogens is 1. The fraction of sp³-hybridized carbons (Fsp3) is 0.333. The van der Waals surface area contributed by atoms with E-state index in [2.05, 4.69) is 9.72 Å². The number of rotatable bonds is 4. The number of amides is 1. The predicted octanol–water partition coefficient (Wildman–Crippen LogP) is 1.48. The SMILES string of the molecule is NCc1nc(OC(F)(F)F)c(C(F)F)cc1C(N)=O. The first kappa shape index (κ1) is 15.1. The number of hydrogen-bond donors (Lipinski definition) is 2. The highest BCUT2D eigenvalue weighted by Crippen LogP contribution is 2.32. The van der Waals surface area contributed by atoms with E-state index in [9.17, 15) is 26.7 Å². The standard InChI is InChI=1S/C9H8F5N3O2/c10-6(11)4-1-3(7(16)18)5(2-15)17-8(4)19-9(12,13)14/h1,6H,2,15H2,(H2,16,18). The third-order valence-electron chi connectivity index (χ3n) is 2.00. The molecule has 0 radical (unpaired) electrons. The van der Waals surface area contributed by atoms with Gasteiger partial charge >= 0.3 is 6.36 Å². The third kappa shape index (κ3) is 3.74. The summed E-state index contributed by atoms with van der Waals surface area (Å²) in [6, 6.07) is 0.489. The second-order valence-electron chi connectivity index (χ2n) is 3.29. The molecule has 10 heteroatoms. The number of primary amides is 1. The van der Waals surface area contributed by atoms with Crippen LogP contribution in [0, 0.1) is 0 Å². The van der Waals surface area contributed by atoms with E-state index in [1.807, 2.05) is 0 Å². The minimum Gasteiger partial charge on any atom is -0.387 e. The van der Waals surface area contributed by atoms with Crippen LogP contribution in [-0.2, 0) is 6.54 Å². The molecule has 19 heavy (non-hydrogen) atoms. The first-order valence-electron chi connectivity index (χ1n) is 4.73. The first-order valence-corrected chi connectivity index (χ1v) is 4.73. The summed E-state index contributed by atoms with van der Waals surface area (Å²) >= 11 is 0. The van der Waals surface area contributed by atoms with E-state index in [-0.39, 0.29) is 5.69 Å². The van der Waals surface area contributed by atoms with Crippen molar-refractivity contribution in [2.45, 2.75) is 19.3 Å². The Bertz CT molecular complexity index is 489. The van der Waals surface area contributed by atoms with Crippen molar-refractivity contribution in [2.24, 2.45) is 11.5 Å². The lowest BCUT2D eigenvalue weighted by atomic mass is 10.1. The number of nitrogens with zero attached hydrogens (tertiary/aromatic N) is 1. The van der Waals surface area contributed by atoms with Crippen molar-refractivity contribution < 1.29 is 31.5 Å². The van der Waals surface area contributed by atoms with Crippen LogP contribution in [0.5, 0.6) is 5.88 Å². The molecule has 0 fully saturated rings. The summed E-state index contributed by atoms with van der Waals surface area (Å²) in [5.74, 6) is -2.48. The Hall–Kier alpha value is -1.97. The van der Waals surface area contributed by atoms with Crippen LogP contribution in [0.15, 0.2) is 6.07 Å². The van der Waals surface area contributed by atoms with Gasteiger partial charge in [0.05, 0.1) is 16.8 Å². The lowest BCUT2D eigenvalue weighted by Gasteiger charge is -2.14. The Morgan fingerprint density at radius 1 is 1.42 bits per heavy atom. The lowest BCUT2D eigenvalue weighted by molar-refractivity contribution is -0.276. The van der Waals surface area contributed by atoms with Crippen LogP contribution >= 0.6 is 0 Å². The number of carbonyl (C=O) groups excluding carboxylic acids is 1. The number of nitrogens with two attached hydrogens (primary N) is 2. The van der Waals surface area contributed by atoms with E-state index in [1.54, 1.807) is 0 Å². The molecule has 0 unspecified atom stereocenters. The van der Waals surface area contributed by atoms with Gasteiger partial charge in [-0.2, -0.15) is 0 Å². The average molecular weight is 285 g/mol. The van der Waals surface area contributed by atoms with Gasteiger partial charge in [-0.15, -0.1) is 13.2 Å². The second-order valence-corrected chi connectivity index (χ2v) is 3.29. The maximum atomic E-state index is 12.6. The van der Waals surface area contributed by atoms with Gasteiger partial charge in [-0.25, -0.2) is 13.8 Å². The molecule has 0 saturated carbocycles. The summed E-state index contributed by atoms with van der Waals surface area (Å²) in [6.45, 7) is -0.462. The second kappa shape index (κ2) is 5.34. The zero-order valence-electron chi connectivity index (χ0n) is 9.17. The van der Waals surface area contributed by atoms with E-state index in [4.69, 9.17) is 11.5 Å². The molecule has 0 spiro atoms. The van der Waals surface area contributed by atoms with Crippen molar-refractivity contribution in [1.29, 1.82) is 0 Å². The molecule has 1 rings (SSSR count). The van der Waals surface area contributed by atoms with E-state index < -0.39 is 42.2 Å². The Kier molecular flexibility index (Phi) is 4.24. The van der Waals surface area contributed by atoms with E-state index in [1.165, 1.54) is 0 Å². The number of halogens is 5. The highest BCUT2D eigenvalue weighted by Gasteiger charge is 2.35. The van der Waals surface area contributed by atoms with Gasteiger partial charge < -0.3 is 16.2 Å². The maximum absolute atomic E-state index is 12.6. The molecule has 0 aliphatic carbocycles. The average Bonchev–Trinajstić information content (AvgIpc) is 2.25. The molecular weight excluding hydrogens is 277 g/mol. The largest absolute Gasteiger partial charge is 0.574 e. The lowest BCUT2D eigenvalue weighted by Crippen LogP contribution is -2.22. The van der Waals surface area contributed by atoms with Gasteiger partial charge in [0.2, 0.25) is 5.88 Å². The molecule has 0 atom stereocenters. The van der Waals surface area contributed by atoms with Gasteiger partial charge in [0.25, 0.3) is 12.3 Å². The Morgan fingerprint density at radius 3 is 2.37 bits per heavy atom. The topological polar surface area (TPSA) is 91.2 Å². The van der Waals surface area contributed by atoms with Crippen LogP contribution in [0.4, 0.5) is 22.0 Å². The molecule has 106 valence electrons. The highest BCUT2D eigenvalue weighted by molar-refractivity contribution is 5.94. The minimum atomic E-state index is -5.20. The quantitative estimate of drug-likeness (QED) is 0.819. The number of hydrogen-bond acceptors (Lipinski definition) is 4. The van der Waals surface area contributed by atoms with Crippen LogP contribution < -0.4 is 16.2 Å². The van der Waals surface area contributed by atoms with Crippen molar-refractivity contribution in [3.05, 3.63) is 22.9 Å². The number of carbonyl (C=O) groups is 1. The Balaban J connectivity index is 3.40. The van der Waals surface area contributed by atoms with E-state index in [0.717, 1.165) is 0 Å². The van der Waals surface area contributed by atoms with Crippen LogP contribution in [0.1, 0.15) is 28.0 Å². The van der Waals surface area contributed by atoms with Gasteiger partial charge in [-0.3, -0.25) is 4.79 Å². The number of pyridine rings is 1. The molecule has 0 aromatic carbocycles. The molecule has 0 aliphatic heterocycles. The zero-order chi connectivity index (χ0) is 14.8. The van der Waals surface area contributed by atoms with Crippen molar-refractivity contribution in [3.63, 3.8) is 0 Å². The summed E-state index contributed by atoms with van der Waals surface area (Å²) in [4.78, 5) is 14.1. The molecule has 1 amide bonds. The summed E-state index contributed by atoms with van der Waals surface area (Å²) in [7, 11) is 0. The summed E-state index contributed by atoms with van der Waals surface area (Å²) in [5.41, 5.74) is 8.01. The van der Waals surface area contributed by atoms with Crippen LogP contribution in [0.2, 0.25) is 0 Å². The van der Waals surface area contributed by atoms with Gasteiger partial charge in [-0.05, 0) is 6.07 Å². The van der Waals surface area contributed by atoms with Crippen LogP contribution in [0.25, 0.3) is 0 Å². The molecule has 5 nitrogen and oxygen atoms in total. The minimum absolute atomic E-state index is 0.365. The van der Waals surface area contributed by atoms with E-state index in [0.29, 0.717) is 6.07 Å². The summed E-state index contributed by atoms with van der Waals surface area (Å²) in [5, 5.41) is 0. The van der Waals surface area contributed by atoms with Crippen LogP contribution in [0.3, 0.4) is 0 Å². The van der Waals surface area contributed by atoms with Crippen LogP contribution in [-0.4, -0.2) is 17.3 Å². The molecular formula is C9H8F5N3O2. The summed E-state index contributed by atoms with van der Waals surface area (Å²) in [6.07, 6.45) is -8.52. The van der Waals surface area contributed by atoms with Gasteiger partial charge in [0.1, 0.15) is 0 Å². The van der Waals surface area contributed by atoms with Crippen molar-refractivity contribution in [3.8, 4) is 5.88 Å². The first-order chi connectivity index (χ1) is 8.65. The predicted molar refractivity (Wildman–Crippen MR) is 52.3 cm³/mol. The van der Waals surface area contributed by atoms with Gasteiger partial charge in [-0.1, -0.05) is 0 Å². The molecule has 0 aliphatic rings. The molecule has 0 saturated heterocycles. The normalized spacial score (nSPS) is 11.7. The van der Waals surface area contributed by atoms with Gasteiger partial charge in [0, 0.05) is 6.54 Å². The number of alkyl halides is 5. The molecule has 1 aromatic rings. The number of ether oxygens (including phenoxy) is 1. The highest BCUT2D eigenvalue weighted by atomic mass is 19.4. The monoisotopic (exact) mass is 285 g/mol. The Morgan fingerprint density at radius 2 is 2.00 bits per heavy atom.